The van der Waals surface area contributed by atoms with Crippen LogP contribution in [0.15, 0.2) is 48.5 Å². The van der Waals surface area contributed by atoms with Crippen LogP contribution in [0.1, 0.15) is 5.56 Å². The number of anilines is 1. The van der Waals surface area contributed by atoms with Gasteiger partial charge in [-0.15, -0.1) is 0 Å². The molecule has 0 amide bonds. The number of benzene rings is 2. The summed E-state index contributed by atoms with van der Waals surface area (Å²) in [7, 11) is 0. The highest BCUT2D eigenvalue weighted by Crippen LogP contribution is 2.29. The first kappa shape index (κ1) is 15.8. The summed E-state index contributed by atoms with van der Waals surface area (Å²) in [6.07, 6.45) is 0. The van der Waals surface area contributed by atoms with Crippen LogP contribution in [0.5, 0.6) is 0 Å². The highest BCUT2D eigenvalue weighted by Gasteiger charge is 2.22. The minimum Gasteiger partial charge on any atom is -0.359 e. The monoisotopic (exact) mass is 332 g/mol. The SMILES string of the molecule is O=[N+]([O-])c1ccc(N2CC[NH+](Cc3ccccc3)CC2)c(Cl)c1. The molecule has 2 aromatic rings. The van der Waals surface area contributed by atoms with Gasteiger partial charge in [0.25, 0.3) is 5.69 Å². The molecule has 0 atom stereocenters. The second kappa shape index (κ2) is 6.98. The molecule has 1 fully saturated rings. The van der Waals surface area contributed by atoms with Crippen molar-refractivity contribution in [2.24, 2.45) is 0 Å². The zero-order valence-corrected chi connectivity index (χ0v) is 13.5. The van der Waals surface area contributed by atoms with E-state index in [0.717, 1.165) is 38.4 Å². The van der Waals surface area contributed by atoms with Crippen LogP contribution in [0.4, 0.5) is 11.4 Å². The average molecular weight is 333 g/mol. The maximum Gasteiger partial charge on any atom is 0.271 e. The van der Waals surface area contributed by atoms with Crippen LogP contribution in [0.3, 0.4) is 0 Å². The number of nitro groups is 1. The fourth-order valence-corrected chi connectivity index (χ4v) is 3.29. The Bertz CT molecular complexity index is 685. The summed E-state index contributed by atoms with van der Waals surface area (Å²) >= 11 is 6.22. The van der Waals surface area contributed by atoms with E-state index in [9.17, 15) is 10.1 Å². The third kappa shape index (κ3) is 3.81. The molecule has 1 N–H and O–H groups in total. The van der Waals surface area contributed by atoms with E-state index in [0.29, 0.717) is 5.02 Å². The van der Waals surface area contributed by atoms with E-state index in [-0.39, 0.29) is 5.69 Å². The Kier molecular flexibility index (Phi) is 4.79. The predicted molar refractivity (Wildman–Crippen MR) is 91.2 cm³/mol. The number of non-ortho nitro benzene ring substituents is 1. The largest absolute Gasteiger partial charge is 0.359 e. The number of nitrogens with zero attached hydrogens (tertiary/aromatic N) is 2. The van der Waals surface area contributed by atoms with Crippen molar-refractivity contribution in [3.63, 3.8) is 0 Å². The molecule has 120 valence electrons. The van der Waals surface area contributed by atoms with Gasteiger partial charge in [0, 0.05) is 17.7 Å². The summed E-state index contributed by atoms with van der Waals surface area (Å²) in [5, 5.41) is 11.2. The average Bonchev–Trinajstić information content (AvgIpc) is 2.56. The van der Waals surface area contributed by atoms with E-state index in [1.54, 1.807) is 11.0 Å². The van der Waals surface area contributed by atoms with Crippen LogP contribution in [-0.2, 0) is 6.54 Å². The van der Waals surface area contributed by atoms with Gasteiger partial charge in [-0.05, 0) is 6.07 Å². The Balaban J connectivity index is 1.62. The predicted octanol–water partition coefficient (Wildman–Crippen LogP) is 2.15. The zero-order chi connectivity index (χ0) is 16.2. The molecule has 0 radical (unpaired) electrons. The van der Waals surface area contributed by atoms with Crippen molar-refractivity contribution in [2.75, 3.05) is 31.1 Å². The quantitative estimate of drug-likeness (QED) is 0.689. The van der Waals surface area contributed by atoms with Gasteiger partial charge < -0.3 is 9.80 Å². The molecule has 3 rings (SSSR count). The van der Waals surface area contributed by atoms with Crippen molar-refractivity contribution in [1.29, 1.82) is 0 Å². The molecule has 1 aliphatic heterocycles. The van der Waals surface area contributed by atoms with Crippen molar-refractivity contribution < 1.29 is 9.82 Å². The molecule has 0 saturated carbocycles. The highest BCUT2D eigenvalue weighted by atomic mass is 35.5. The highest BCUT2D eigenvalue weighted by molar-refractivity contribution is 6.33. The van der Waals surface area contributed by atoms with Gasteiger partial charge in [-0.2, -0.15) is 0 Å². The van der Waals surface area contributed by atoms with Crippen LogP contribution >= 0.6 is 11.6 Å². The van der Waals surface area contributed by atoms with Gasteiger partial charge in [0.2, 0.25) is 0 Å². The molecule has 2 aromatic carbocycles. The Morgan fingerprint density at radius 2 is 1.83 bits per heavy atom. The number of hydrogen-bond donors (Lipinski definition) is 1. The minimum atomic E-state index is -0.419. The van der Waals surface area contributed by atoms with Crippen LogP contribution in [0.25, 0.3) is 0 Å². The summed E-state index contributed by atoms with van der Waals surface area (Å²) < 4.78 is 0. The summed E-state index contributed by atoms with van der Waals surface area (Å²) in [4.78, 5) is 14.1. The third-order valence-electron chi connectivity index (χ3n) is 4.25. The lowest BCUT2D eigenvalue weighted by molar-refractivity contribution is -0.914. The van der Waals surface area contributed by atoms with E-state index >= 15 is 0 Å². The van der Waals surface area contributed by atoms with Crippen LogP contribution in [0.2, 0.25) is 5.02 Å². The molecular formula is C17H19ClN3O2+. The Labute approximate surface area is 140 Å². The van der Waals surface area contributed by atoms with Gasteiger partial charge >= 0.3 is 0 Å². The lowest BCUT2D eigenvalue weighted by Gasteiger charge is -2.34. The molecule has 0 spiro atoms. The van der Waals surface area contributed by atoms with E-state index in [4.69, 9.17) is 11.6 Å². The third-order valence-corrected chi connectivity index (χ3v) is 4.55. The van der Waals surface area contributed by atoms with Crippen molar-refractivity contribution in [3.8, 4) is 0 Å². The fourth-order valence-electron chi connectivity index (χ4n) is 2.99. The van der Waals surface area contributed by atoms with Crippen LogP contribution in [-0.4, -0.2) is 31.1 Å². The standard InChI is InChI=1S/C17H18ClN3O2/c18-16-12-15(21(22)23)6-7-17(16)20-10-8-19(9-11-20)13-14-4-2-1-3-5-14/h1-7,12H,8-11,13H2/p+1. The van der Waals surface area contributed by atoms with E-state index in [1.165, 1.54) is 17.7 Å². The van der Waals surface area contributed by atoms with Crippen molar-refractivity contribution in [1.82, 2.24) is 0 Å². The molecule has 23 heavy (non-hydrogen) atoms. The summed E-state index contributed by atoms with van der Waals surface area (Å²) in [5.41, 5.74) is 2.27. The van der Waals surface area contributed by atoms with Gasteiger partial charge in [-0.3, -0.25) is 10.1 Å². The van der Waals surface area contributed by atoms with E-state index in [2.05, 4.69) is 29.2 Å². The Morgan fingerprint density at radius 3 is 2.43 bits per heavy atom. The Morgan fingerprint density at radius 1 is 1.13 bits per heavy atom. The van der Waals surface area contributed by atoms with Gasteiger partial charge in [-0.1, -0.05) is 41.9 Å². The minimum absolute atomic E-state index is 0.0343. The summed E-state index contributed by atoms with van der Waals surface area (Å²) in [6.45, 7) is 4.90. The molecular weight excluding hydrogens is 314 g/mol. The second-order valence-corrected chi connectivity index (χ2v) is 6.20. The van der Waals surface area contributed by atoms with Gasteiger partial charge in [-0.25, -0.2) is 0 Å². The van der Waals surface area contributed by atoms with Crippen LogP contribution < -0.4 is 9.80 Å². The smallest absolute Gasteiger partial charge is 0.271 e. The molecule has 0 bridgehead atoms. The summed E-state index contributed by atoms with van der Waals surface area (Å²) in [6, 6.07) is 15.2. The molecule has 0 aromatic heterocycles. The van der Waals surface area contributed by atoms with Gasteiger partial charge in [0.15, 0.2) is 0 Å². The molecule has 6 heteroatoms. The Hall–Kier alpha value is -2.11. The number of nitro benzene ring substituents is 1. The number of hydrogen-bond acceptors (Lipinski definition) is 3. The lowest BCUT2D eigenvalue weighted by atomic mass is 10.2. The van der Waals surface area contributed by atoms with Crippen molar-refractivity contribution in [3.05, 3.63) is 69.2 Å². The first-order valence-corrected chi connectivity index (χ1v) is 8.07. The number of nitrogens with one attached hydrogen (secondary N) is 1. The van der Waals surface area contributed by atoms with Crippen molar-refractivity contribution >= 4 is 23.0 Å². The maximum absolute atomic E-state index is 10.8. The zero-order valence-electron chi connectivity index (χ0n) is 12.7. The van der Waals surface area contributed by atoms with E-state index < -0.39 is 4.92 Å². The number of quaternary nitrogens is 1. The molecule has 0 unspecified atom stereocenters. The first-order chi connectivity index (χ1) is 11.1. The summed E-state index contributed by atoms with van der Waals surface area (Å²) in [5.74, 6) is 0. The van der Waals surface area contributed by atoms with Crippen LogP contribution in [0, 0.1) is 10.1 Å². The van der Waals surface area contributed by atoms with Crippen molar-refractivity contribution in [2.45, 2.75) is 6.54 Å². The second-order valence-electron chi connectivity index (χ2n) is 5.79. The number of piperazine rings is 1. The molecule has 1 saturated heterocycles. The number of halogens is 1. The molecule has 1 heterocycles. The van der Waals surface area contributed by atoms with Gasteiger partial charge in [0.1, 0.15) is 6.54 Å². The topological polar surface area (TPSA) is 50.8 Å². The maximum atomic E-state index is 10.8. The molecule has 5 nitrogen and oxygen atoms in total. The number of rotatable bonds is 4. The van der Waals surface area contributed by atoms with Gasteiger partial charge in [0.05, 0.1) is 41.8 Å². The normalized spacial score (nSPS) is 15.6. The van der Waals surface area contributed by atoms with E-state index in [1.807, 2.05) is 6.07 Å². The first-order valence-electron chi connectivity index (χ1n) is 7.70. The fraction of sp³-hybridized carbons (Fsp3) is 0.294. The molecule has 0 aliphatic carbocycles. The lowest BCUT2D eigenvalue weighted by Crippen LogP contribution is -3.13. The molecule has 1 aliphatic rings.